The van der Waals surface area contributed by atoms with E-state index in [1.54, 1.807) is 13.8 Å². The Kier molecular flexibility index (Phi) is 6.52. The van der Waals surface area contributed by atoms with E-state index >= 15 is 0 Å². The van der Waals surface area contributed by atoms with Gasteiger partial charge in [-0.1, -0.05) is 12.0 Å². The second kappa shape index (κ2) is 6.80. The zero-order chi connectivity index (χ0) is 11.0. The maximum absolute atomic E-state index is 11.1. The first-order valence-electron chi connectivity index (χ1n) is 4.17. The minimum absolute atomic E-state index is 0.0123. The van der Waals surface area contributed by atoms with Crippen molar-refractivity contribution >= 4 is 7.82 Å². The fourth-order valence-electron chi connectivity index (χ4n) is 0.678. The normalized spacial score (nSPS) is 16.2. The van der Waals surface area contributed by atoms with Gasteiger partial charge in [-0.15, -0.1) is 12.5 Å². The third-order valence-electron chi connectivity index (χ3n) is 1.23. The summed E-state index contributed by atoms with van der Waals surface area (Å²) in [7, 11) is -3.93. The van der Waals surface area contributed by atoms with E-state index in [2.05, 4.69) is 27.5 Å². The molecule has 0 aliphatic rings. The van der Waals surface area contributed by atoms with Crippen LogP contribution < -0.4 is 0 Å². The summed E-state index contributed by atoms with van der Waals surface area (Å²) in [6, 6.07) is 0. The molecular weight excluding hydrogens is 203 g/mol. The molecule has 0 saturated carbocycles. The monoisotopic (exact) mass is 218 g/mol. The summed E-state index contributed by atoms with van der Waals surface area (Å²) in [4.78, 5) is 9.08. The smallest absolute Gasteiger partial charge is 0.302 e. The van der Waals surface area contributed by atoms with Crippen molar-refractivity contribution in [1.29, 1.82) is 0 Å². The molecule has 1 N–H and O–H groups in total. The predicted molar refractivity (Wildman–Crippen MR) is 54.5 cm³/mol. The zero-order valence-corrected chi connectivity index (χ0v) is 9.29. The van der Waals surface area contributed by atoms with Crippen molar-refractivity contribution in [2.45, 2.75) is 13.8 Å². The molecule has 14 heavy (non-hydrogen) atoms. The summed E-state index contributed by atoms with van der Waals surface area (Å²) in [5.41, 5.74) is 0. The van der Waals surface area contributed by atoms with Crippen molar-refractivity contribution in [1.82, 2.24) is 0 Å². The Labute approximate surface area is 84.5 Å². The molecule has 0 fully saturated rings. The maximum atomic E-state index is 11.1. The first-order chi connectivity index (χ1) is 6.52. The van der Waals surface area contributed by atoms with Gasteiger partial charge in [0.15, 0.2) is 0 Å². The Morgan fingerprint density at radius 1 is 1.64 bits per heavy atom. The van der Waals surface area contributed by atoms with Gasteiger partial charge in [0.2, 0.25) is 0 Å². The maximum Gasteiger partial charge on any atom is 0.472 e. The van der Waals surface area contributed by atoms with Crippen LogP contribution in [0.15, 0.2) is 12.7 Å². The Hall–Kier alpha value is -0.590. The van der Waals surface area contributed by atoms with Crippen LogP contribution in [0.2, 0.25) is 0 Å². The van der Waals surface area contributed by atoms with Crippen LogP contribution in [0.5, 0.6) is 0 Å². The molecule has 0 aromatic rings. The SMILES string of the molecule is C=CCOP(=O)(O)OCC(C)C#CC. The minimum Gasteiger partial charge on any atom is -0.302 e. The summed E-state index contributed by atoms with van der Waals surface area (Å²) in [5, 5.41) is 0. The van der Waals surface area contributed by atoms with Gasteiger partial charge in [0, 0.05) is 5.92 Å². The summed E-state index contributed by atoms with van der Waals surface area (Å²) < 4.78 is 20.3. The lowest BCUT2D eigenvalue weighted by Gasteiger charge is -2.11. The van der Waals surface area contributed by atoms with Gasteiger partial charge in [-0.05, 0) is 13.8 Å². The fraction of sp³-hybridized carbons (Fsp3) is 0.556. The van der Waals surface area contributed by atoms with Crippen LogP contribution >= 0.6 is 7.82 Å². The standard InChI is InChI=1S/C9H15O4P/c1-4-6-9(3)8-13-14(10,11)12-7-5-2/h5,9H,2,7-8H2,1,3H3,(H,10,11). The molecule has 0 rings (SSSR count). The highest BCUT2D eigenvalue weighted by Gasteiger charge is 2.20. The van der Waals surface area contributed by atoms with Crippen molar-refractivity contribution in [2.24, 2.45) is 5.92 Å². The summed E-state index contributed by atoms with van der Waals surface area (Å²) >= 11 is 0. The number of rotatable bonds is 6. The third kappa shape index (κ3) is 6.88. The van der Waals surface area contributed by atoms with Crippen molar-refractivity contribution in [3.8, 4) is 11.8 Å². The van der Waals surface area contributed by atoms with Gasteiger partial charge in [-0.25, -0.2) is 4.57 Å². The Bertz CT molecular complexity index is 276. The lowest BCUT2D eigenvalue weighted by atomic mass is 10.2. The van der Waals surface area contributed by atoms with Gasteiger partial charge in [0.05, 0.1) is 13.2 Å². The highest BCUT2D eigenvalue weighted by molar-refractivity contribution is 7.47. The summed E-state index contributed by atoms with van der Waals surface area (Å²) in [6.07, 6.45) is 1.38. The molecule has 0 radical (unpaired) electrons. The van der Waals surface area contributed by atoms with Gasteiger partial charge in [0.1, 0.15) is 0 Å². The van der Waals surface area contributed by atoms with E-state index in [1.165, 1.54) is 6.08 Å². The first kappa shape index (κ1) is 13.4. The van der Waals surface area contributed by atoms with Crippen LogP contribution in [0.1, 0.15) is 13.8 Å². The molecule has 0 bridgehead atoms. The molecule has 4 nitrogen and oxygen atoms in total. The molecular formula is C9H15O4P. The van der Waals surface area contributed by atoms with Gasteiger partial charge < -0.3 is 4.89 Å². The van der Waals surface area contributed by atoms with Crippen LogP contribution in [-0.4, -0.2) is 18.1 Å². The van der Waals surface area contributed by atoms with Crippen LogP contribution in [0.25, 0.3) is 0 Å². The van der Waals surface area contributed by atoms with E-state index in [0.717, 1.165) is 0 Å². The van der Waals surface area contributed by atoms with E-state index < -0.39 is 7.82 Å². The highest BCUT2D eigenvalue weighted by atomic mass is 31.2. The molecule has 0 heterocycles. The summed E-state index contributed by atoms with van der Waals surface area (Å²) in [5.74, 6) is 5.39. The quantitative estimate of drug-likeness (QED) is 0.420. The largest absolute Gasteiger partial charge is 0.472 e. The molecule has 0 spiro atoms. The van der Waals surface area contributed by atoms with Crippen LogP contribution in [0.4, 0.5) is 0 Å². The molecule has 2 atom stereocenters. The van der Waals surface area contributed by atoms with Crippen molar-refractivity contribution < 1.29 is 18.5 Å². The lowest BCUT2D eigenvalue weighted by molar-refractivity contribution is 0.152. The molecule has 0 aromatic carbocycles. The number of hydrogen-bond donors (Lipinski definition) is 1. The van der Waals surface area contributed by atoms with E-state index in [-0.39, 0.29) is 19.1 Å². The second-order valence-electron chi connectivity index (χ2n) is 2.64. The molecule has 0 aliphatic carbocycles. The highest BCUT2D eigenvalue weighted by Crippen LogP contribution is 2.43. The van der Waals surface area contributed by atoms with Crippen molar-refractivity contribution in [3.05, 3.63) is 12.7 Å². The lowest BCUT2D eigenvalue weighted by Crippen LogP contribution is -2.03. The third-order valence-corrected chi connectivity index (χ3v) is 2.18. The molecule has 5 heteroatoms. The van der Waals surface area contributed by atoms with Gasteiger partial charge >= 0.3 is 7.82 Å². The van der Waals surface area contributed by atoms with Crippen molar-refractivity contribution in [3.63, 3.8) is 0 Å². The van der Waals surface area contributed by atoms with Crippen LogP contribution in [0, 0.1) is 17.8 Å². The fourth-order valence-corrected chi connectivity index (χ4v) is 1.46. The molecule has 2 unspecified atom stereocenters. The minimum atomic E-state index is -3.93. The zero-order valence-electron chi connectivity index (χ0n) is 8.40. The number of phosphoric ester groups is 1. The molecule has 0 aliphatic heterocycles. The Morgan fingerprint density at radius 3 is 2.79 bits per heavy atom. The Morgan fingerprint density at radius 2 is 2.29 bits per heavy atom. The van der Waals surface area contributed by atoms with Crippen LogP contribution in [-0.2, 0) is 13.6 Å². The average molecular weight is 218 g/mol. The first-order valence-corrected chi connectivity index (χ1v) is 5.66. The second-order valence-corrected chi connectivity index (χ2v) is 4.10. The van der Waals surface area contributed by atoms with Crippen LogP contribution in [0.3, 0.4) is 0 Å². The number of phosphoric acid groups is 1. The topological polar surface area (TPSA) is 55.8 Å². The van der Waals surface area contributed by atoms with Gasteiger partial charge in [-0.3, -0.25) is 9.05 Å². The average Bonchev–Trinajstić information content (AvgIpc) is 2.13. The van der Waals surface area contributed by atoms with Gasteiger partial charge in [-0.2, -0.15) is 0 Å². The molecule has 0 amide bonds. The number of hydrogen-bond acceptors (Lipinski definition) is 3. The van der Waals surface area contributed by atoms with E-state index in [0.29, 0.717) is 0 Å². The molecule has 0 saturated heterocycles. The Balaban J connectivity index is 3.90. The van der Waals surface area contributed by atoms with Gasteiger partial charge in [0.25, 0.3) is 0 Å². The van der Waals surface area contributed by atoms with Crippen molar-refractivity contribution in [2.75, 3.05) is 13.2 Å². The van der Waals surface area contributed by atoms with E-state index in [1.807, 2.05) is 0 Å². The van der Waals surface area contributed by atoms with E-state index in [4.69, 9.17) is 4.89 Å². The molecule has 0 aromatic heterocycles. The predicted octanol–water partition coefficient (Wildman–Crippen LogP) is 1.97. The summed E-state index contributed by atoms with van der Waals surface area (Å²) in [6.45, 7) is 6.91. The van der Waals surface area contributed by atoms with E-state index in [9.17, 15) is 4.57 Å². The molecule has 80 valence electrons.